The van der Waals surface area contributed by atoms with Crippen molar-refractivity contribution in [2.45, 2.75) is 19.4 Å². The van der Waals surface area contributed by atoms with Crippen LogP contribution in [0.25, 0.3) is 32.7 Å². The van der Waals surface area contributed by atoms with E-state index in [2.05, 4.69) is 0 Å². The van der Waals surface area contributed by atoms with Gasteiger partial charge in [0, 0.05) is 34.5 Å². The van der Waals surface area contributed by atoms with Crippen molar-refractivity contribution in [3.8, 4) is 22.5 Å². The molecule has 0 saturated carbocycles. The molecule has 4 aromatic rings. The molecule has 0 aliphatic rings. The Kier molecular flexibility index (Phi) is 5.47. The lowest BCUT2D eigenvalue weighted by molar-refractivity contribution is -0.118. The maximum absolute atomic E-state index is 13.5. The lowest BCUT2D eigenvalue weighted by Gasteiger charge is -2.13. The lowest BCUT2D eigenvalue weighted by atomic mass is 10.1. The first-order valence-electron chi connectivity index (χ1n) is 9.16. The number of hydrogen-bond donors (Lipinski definition) is 1. The molecule has 2 aromatic carbocycles. The van der Waals surface area contributed by atoms with Gasteiger partial charge in [0.1, 0.15) is 10.7 Å². The first-order valence-corrected chi connectivity index (χ1v) is 10.4. The summed E-state index contributed by atoms with van der Waals surface area (Å²) in [6, 6.07) is 17.0. The Morgan fingerprint density at radius 1 is 1.07 bits per heavy atom. The molecule has 2 heterocycles. The molecule has 2 aromatic heterocycles. The standard InChI is InChI=1S/C22H18ClN3O2S/c23-16-10-8-15(9-11-16)20-25-21-19(22(28)26(20)12-4-7-18(24)27)17(13-29-21)14-5-2-1-3-6-14/h1-3,5-6,8-11,13H,4,7,12H2,(H2,24,27). The van der Waals surface area contributed by atoms with Gasteiger partial charge in [-0.15, -0.1) is 11.3 Å². The maximum atomic E-state index is 13.5. The van der Waals surface area contributed by atoms with Crippen molar-refractivity contribution < 1.29 is 4.79 Å². The third kappa shape index (κ3) is 3.95. The number of primary amides is 1. The second kappa shape index (κ2) is 8.19. The number of nitrogens with zero attached hydrogens (tertiary/aromatic N) is 2. The summed E-state index contributed by atoms with van der Waals surface area (Å²) in [5.74, 6) is 0.172. The van der Waals surface area contributed by atoms with Crippen LogP contribution in [0.1, 0.15) is 12.8 Å². The summed E-state index contributed by atoms with van der Waals surface area (Å²) in [6.07, 6.45) is 0.674. The SMILES string of the molecule is NC(=O)CCCn1c(-c2ccc(Cl)cc2)nc2scc(-c3ccccc3)c2c1=O. The largest absolute Gasteiger partial charge is 0.370 e. The molecular formula is C22H18ClN3O2S. The number of halogens is 1. The fraction of sp³-hybridized carbons (Fsp3) is 0.136. The zero-order chi connectivity index (χ0) is 20.4. The van der Waals surface area contributed by atoms with Crippen molar-refractivity contribution in [1.29, 1.82) is 0 Å². The van der Waals surface area contributed by atoms with E-state index in [1.165, 1.54) is 11.3 Å². The minimum Gasteiger partial charge on any atom is -0.370 e. The van der Waals surface area contributed by atoms with Crippen molar-refractivity contribution in [3.05, 3.63) is 75.4 Å². The van der Waals surface area contributed by atoms with E-state index in [9.17, 15) is 9.59 Å². The number of carbonyl (C=O) groups is 1. The average Bonchev–Trinajstić information content (AvgIpc) is 3.15. The van der Waals surface area contributed by atoms with E-state index in [1.54, 1.807) is 16.7 Å². The molecule has 0 spiro atoms. The monoisotopic (exact) mass is 423 g/mol. The lowest BCUT2D eigenvalue weighted by Crippen LogP contribution is -2.24. The highest BCUT2D eigenvalue weighted by molar-refractivity contribution is 7.17. The van der Waals surface area contributed by atoms with E-state index in [1.807, 2.05) is 47.8 Å². The van der Waals surface area contributed by atoms with E-state index in [-0.39, 0.29) is 17.9 Å². The summed E-state index contributed by atoms with van der Waals surface area (Å²) in [5, 5.41) is 3.17. The Morgan fingerprint density at radius 3 is 2.48 bits per heavy atom. The van der Waals surface area contributed by atoms with E-state index >= 15 is 0 Å². The topological polar surface area (TPSA) is 78.0 Å². The molecule has 0 unspecified atom stereocenters. The normalized spacial score (nSPS) is 11.1. The van der Waals surface area contributed by atoms with Gasteiger partial charge in [-0.2, -0.15) is 0 Å². The highest BCUT2D eigenvalue weighted by atomic mass is 35.5. The second-order valence-corrected chi connectivity index (χ2v) is 7.96. The van der Waals surface area contributed by atoms with Crippen LogP contribution >= 0.6 is 22.9 Å². The number of fused-ring (bicyclic) bond motifs is 1. The molecule has 0 bridgehead atoms. The molecule has 4 rings (SSSR count). The molecule has 0 saturated heterocycles. The summed E-state index contributed by atoms with van der Waals surface area (Å²) >= 11 is 7.46. The zero-order valence-electron chi connectivity index (χ0n) is 15.5. The van der Waals surface area contributed by atoms with Gasteiger partial charge in [-0.1, -0.05) is 41.9 Å². The van der Waals surface area contributed by atoms with Gasteiger partial charge >= 0.3 is 0 Å². The Balaban J connectivity index is 1.91. The van der Waals surface area contributed by atoms with Crippen molar-refractivity contribution in [3.63, 3.8) is 0 Å². The Labute approximate surface area is 176 Å². The minimum absolute atomic E-state index is 0.121. The number of nitrogens with two attached hydrogens (primary N) is 1. The number of aromatic nitrogens is 2. The van der Waals surface area contributed by atoms with E-state index in [0.29, 0.717) is 34.0 Å². The molecule has 1 amide bonds. The first-order chi connectivity index (χ1) is 14.0. The molecule has 7 heteroatoms. The number of hydrogen-bond acceptors (Lipinski definition) is 4. The van der Waals surface area contributed by atoms with Crippen molar-refractivity contribution in [1.82, 2.24) is 9.55 Å². The van der Waals surface area contributed by atoms with Gasteiger partial charge in [-0.3, -0.25) is 14.2 Å². The van der Waals surface area contributed by atoms with Gasteiger partial charge in [0.2, 0.25) is 5.91 Å². The molecule has 2 N–H and O–H groups in total. The van der Waals surface area contributed by atoms with Crippen LogP contribution < -0.4 is 11.3 Å². The Hall–Kier alpha value is -2.96. The van der Waals surface area contributed by atoms with E-state index in [4.69, 9.17) is 22.3 Å². The minimum atomic E-state index is -0.388. The molecule has 0 aliphatic carbocycles. The third-order valence-corrected chi connectivity index (χ3v) is 5.81. The molecule has 0 atom stereocenters. The Morgan fingerprint density at radius 2 is 1.79 bits per heavy atom. The molecule has 0 aliphatic heterocycles. The van der Waals surface area contributed by atoms with Crippen LogP contribution in [0.4, 0.5) is 0 Å². The van der Waals surface area contributed by atoms with Gasteiger partial charge in [0.15, 0.2) is 0 Å². The van der Waals surface area contributed by atoms with Crippen molar-refractivity contribution in [2.75, 3.05) is 0 Å². The van der Waals surface area contributed by atoms with Crippen molar-refractivity contribution in [2.24, 2.45) is 5.73 Å². The van der Waals surface area contributed by atoms with Crippen LogP contribution in [0, 0.1) is 0 Å². The predicted molar refractivity (Wildman–Crippen MR) is 118 cm³/mol. The van der Waals surface area contributed by atoms with Gasteiger partial charge in [-0.05, 0) is 36.2 Å². The highest BCUT2D eigenvalue weighted by Gasteiger charge is 2.18. The molecule has 0 radical (unpaired) electrons. The smallest absolute Gasteiger partial charge is 0.263 e. The highest BCUT2D eigenvalue weighted by Crippen LogP contribution is 2.32. The summed E-state index contributed by atoms with van der Waals surface area (Å²) in [4.78, 5) is 30.2. The van der Waals surface area contributed by atoms with E-state index < -0.39 is 0 Å². The van der Waals surface area contributed by atoms with Gasteiger partial charge in [0.05, 0.1) is 5.39 Å². The Bertz CT molecular complexity index is 1230. The van der Waals surface area contributed by atoms with Crippen molar-refractivity contribution >= 4 is 39.1 Å². The molecule has 146 valence electrons. The number of rotatable bonds is 6. The van der Waals surface area contributed by atoms with Gasteiger partial charge in [-0.25, -0.2) is 4.98 Å². The number of carbonyl (C=O) groups excluding carboxylic acids is 1. The molecule has 29 heavy (non-hydrogen) atoms. The van der Waals surface area contributed by atoms with Crippen LogP contribution in [-0.4, -0.2) is 15.5 Å². The summed E-state index contributed by atoms with van der Waals surface area (Å²) < 4.78 is 1.63. The van der Waals surface area contributed by atoms with Crippen LogP contribution in [0.2, 0.25) is 5.02 Å². The van der Waals surface area contributed by atoms with Crippen LogP contribution in [0.15, 0.2) is 64.8 Å². The quantitative estimate of drug-likeness (QED) is 0.487. The van der Waals surface area contributed by atoms with Crippen LogP contribution in [0.3, 0.4) is 0 Å². The third-order valence-electron chi connectivity index (χ3n) is 4.69. The summed E-state index contributed by atoms with van der Waals surface area (Å²) in [5.41, 5.74) is 7.80. The molecule has 5 nitrogen and oxygen atoms in total. The molecule has 0 fully saturated rings. The maximum Gasteiger partial charge on any atom is 0.263 e. The average molecular weight is 424 g/mol. The first kappa shape index (κ1) is 19.4. The number of amides is 1. The fourth-order valence-electron chi connectivity index (χ4n) is 3.29. The number of thiophene rings is 1. The second-order valence-electron chi connectivity index (χ2n) is 6.66. The summed E-state index contributed by atoms with van der Waals surface area (Å²) in [7, 11) is 0. The fourth-order valence-corrected chi connectivity index (χ4v) is 4.36. The van der Waals surface area contributed by atoms with E-state index in [0.717, 1.165) is 16.7 Å². The van der Waals surface area contributed by atoms with Crippen LogP contribution in [0.5, 0.6) is 0 Å². The molecular weight excluding hydrogens is 406 g/mol. The zero-order valence-corrected chi connectivity index (χ0v) is 17.0. The predicted octanol–water partition coefficient (Wildman–Crippen LogP) is 4.71. The van der Waals surface area contributed by atoms with Gasteiger partial charge < -0.3 is 5.73 Å². The van der Waals surface area contributed by atoms with Crippen LogP contribution in [-0.2, 0) is 11.3 Å². The number of benzene rings is 2. The summed E-state index contributed by atoms with van der Waals surface area (Å²) in [6.45, 7) is 0.354. The van der Waals surface area contributed by atoms with Gasteiger partial charge in [0.25, 0.3) is 5.56 Å².